The Kier molecular flexibility index (Phi) is 9.38. The Bertz CT molecular complexity index is 425. The van der Waals surface area contributed by atoms with Crippen LogP contribution in [0.4, 0.5) is 0 Å². The minimum Gasteiger partial charge on any atom is -0.356 e. The highest BCUT2D eigenvalue weighted by molar-refractivity contribution is 14.0. The molecule has 0 aromatic carbocycles. The van der Waals surface area contributed by atoms with E-state index in [1.54, 1.807) is 18.4 Å². The molecule has 0 saturated carbocycles. The van der Waals surface area contributed by atoms with E-state index in [0.717, 1.165) is 29.6 Å². The standard InChI is InChI=1S/C12H19ClN4S.HI/c1-8(13)7-16-12(14-4)15-6-5-11-17-9(2)10(3)18-11;/h1,5-7H2,2-4H3,(H2,14,15,16);1H. The van der Waals surface area contributed by atoms with Crippen molar-refractivity contribution in [3.05, 3.63) is 27.2 Å². The van der Waals surface area contributed by atoms with Gasteiger partial charge in [0, 0.05) is 29.9 Å². The van der Waals surface area contributed by atoms with Gasteiger partial charge in [0.25, 0.3) is 0 Å². The third-order valence-corrected chi connectivity index (χ3v) is 3.64. The predicted molar refractivity (Wildman–Crippen MR) is 95.1 cm³/mol. The third kappa shape index (κ3) is 7.12. The van der Waals surface area contributed by atoms with Crippen LogP contribution in [0.3, 0.4) is 0 Å². The summed E-state index contributed by atoms with van der Waals surface area (Å²) in [7, 11) is 1.73. The summed E-state index contributed by atoms with van der Waals surface area (Å²) < 4.78 is 0. The van der Waals surface area contributed by atoms with Gasteiger partial charge >= 0.3 is 0 Å². The largest absolute Gasteiger partial charge is 0.356 e. The molecule has 0 unspecified atom stereocenters. The molecule has 1 aromatic rings. The molecule has 0 amide bonds. The number of hydrogen-bond donors (Lipinski definition) is 2. The van der Waals surface area contributed by atoms with E-state index in [-0.39, 0.29) is 24.0 Å². The maximum Gasteiger partial charge on any atom is 0.191 e. The van der Waals surface area contributed by atoms with Crippen molar-refractivity contribution in [3.8, 4) is 0 Å². The van der Waals surface area contributed by atoms with Gasteiger partial charge in [-0.1, -0.05) is 18.2 Å². The van der Waals surface area contributed by atoms with Crippen LogP contribution in [0.25, 0.3) is 0 Å². The molecule has 0 aliphatic rings. The van der Waals surface area contributed by atoms with Crippen molar-refractivity contribution in [2.45, 2.75) is 20.3 Å². The molecule has 19 heavy (non-hydrogen) atoms. The number of aryl methyl sites for hydroxylation is 2. The summed E-state index contributed by atoms with van der Waals surface area (Å²) in [5.41, 5.74) is 1.12. The smallest absolute Gasteiger partial charge is 0.191 e. The van der Waals surface area contributed by atoms with E-state index in [9.17, 15) is 0 Å². The first-order valence-corrected chi connectivity index (χ1v) is 6.93. The maximum atomic E-state index is 5.68. The molecule has 108 valence electrons. The minimum absolute atomic E-state index is 0. The Morgan fingerprint density at radius 2 is 2.11 bits per heavy atom. The van der Waals surface area contributed by atoms with Crippen LogP contribution >= 0.6 is 46.9 Å². The number of halogens is 2. The van der Waals surface area contributed by atoms with Crippen molar-refractivity contribution in [2.75, 3.05) is 20.1 Å². The predicted octanol–water partition coefficient (Wildman–Crippen LogP) is 2.84. The van der Waals surface area contributed by atoms with Crippen LogP contribution in [0.5, 0.6) is 0 Å². The van der Waals surface area contributed by atoms with E-state index >= 15 is 0 Å². The first-order chi connectivity index (χ1) is 8.52. The second-order valence-electron chi connectivity index (χ2n) is 3.87. The summed E-state index contributed by atoms with van der Waals surface area (Å²) >= 11 is 7.43. The zero-order chi connectivity index (χ0) is 13.5. The van der Waals surface area contributed by atoms with Gasteiger partial charge in [0.15, 0.2) is 5.96 Å². The number of aliphatic imine (C=N–C) groups is 1. The first-order valence-electron chi connectivity index (χ1n) is 5.73. The zero-order valence-corrected chi connectivity index (χ0v) is 15.3. The molecule has 0 aliphatic heterocycles. The Balaban J connectivity index is 0.00000324. The molecule has 7 heteroatoms. The number of nitrogens with zero attached hydrogens (tertiary/aromatic N) is 2. The third-order valence-electron chi connectivity index (χ3n) is 2.38. The normalized spacial score (nSPS) is 10.8. The molecular formula is C12H20ClIN4S. The molecule has 0 spiro atoms. The molecule has 1 aromatic heterocycles. The first kappa shape index (κ1) is 18.7. The lowest BCUT2D eigenvalue weighted by Gasteiger charge is -2.10. The molecule has 1 heterocycles. The van der Waals surface area contributed by atoms with Crippen LogP contribution in [0.2, 0.25) is 0 Å². The topological polar surface area (TPSA) is 49.3 Å². The van der Waals surface area contributed by atoms with Gasteiger partial charge in [-0.05, 0) is 13.8 Å². The summed E-state index contributed by atoms with van der Waals surface area (Å²) in [6.07, 6.45) is 0.891. The fourth-order valence-electron chi connectivity index (χ4n) is 1.33. The van der Waals surface area contributed by atoms with Gasteiger partial charge in [0.05, 0.1) is 17.2 Å². The van der Waals surface area contributed by atoms with Crippen molar-refractivity contribution in [1.82, 2.24) is 15.6 Å². The Morgan fingerprint density at radius 3 is 2.58 bits per heavy atom. The molecule has 0 fully saturated rings. The van der Waals surface area contributed by atoms with E-state index < -0.39 is 0 Å². The highest BCUT2D eigenvalue weighted by atomic mass is 127. The molecule has 1 rings (SSSR count). The summed E-state index contributed by atoms with van der Waals surface area (Å²) in [6.45, 7) is 9.05. The fourth-order valence-corrected chi connectivity index (χ4v) is 2.33. The van der Waals surface area contributed by atoms with E-state index in [1.807, 2.05) is 6.92 Å². The number of rotatable bonds is 5. The monoisotopic (exact) mass is 414 g/mol. The number of thiazole rings is 1. The number of guanidine groups is 1. The zero-order valence-electron chi connectivity index (χ0n) is 11.4. The van der Waals surface area contributed by atoms with Crippen LogP contribution in [0.15, 0.2) is 16.6 Å². The van der Waals surface area contributed by atoms with E-state index in [1.165, 1.54) is 4.88 Å². The lowest BCUT2D eigenvalue weighted by Crippen LogP contribution is -2.38. The van der Waals surface area contributed by atoms with Crippen molar-refractivity contribution in [1.29, 1.82) is 0 Å². The maximum absolute atomic E-state index is 5.68. The van der Waals surface area contributed by atoms with Crippen molar-refractivity contribution < 1.29 is 0 Å². The van der Waals surface area contributed by atoms with Gasteiger partial charge in [-0.2, -0.15) is 0 Å². The van der Waals surface area contributed by atoms with Crippen LogP contribution in [-0.4, -0.2) is 31.1 Å². The molecule has 2 N–H and O–H groups in total. The van der Waals surface area contributed by atoms with Gasteiger partial charge in [0.2, 0.25) is 0 Å². The second-order valence-corrected chi connectivity index (χ2v) is 5.69. The van der Waals surface area contributed by atoms with Crippen molar-refractivity contribution in [2.24, 2.45) is 4.99 Å². The molecule has 0 atom stereocenters. The molecular weight excluding hydrogens is 395 g/mol. The van der Waals surface area contributed by atoms with E-state index in [0.29, 0.717) is 11.6 Å². The van der Waals surface area contributed by atoms with Crippen LogP contribution in [0, 0.1) is 13.8 Å². The van der Waals surface area contributed by atoms with Gasteiger partial charge in [-0.25, -0.2) is 4.98 Å². The van der Waals surface area contributed by atoms with E-state index in [2.05, 4.69) is 34.1 Å². The lowest BCUT2D eigenvalue weighted by atomic mass is 10.4. The van der Waals surface area contributed by atoms with E-state index in [4.69, 9.17) is 11.6 Å². The number of hydrogen-bond acceptors (Lipinski definition) is 3. The van der Waals surface area contributed by atoms with Crippen molar-refractivity contribution in [3.63, 3.8) is 0 Å². The number of aromatic nitrogens is 1. The Morgan fingerprint density at radius 1 is 1.42 bits per heavy atom. The van der Waals surface area contributed by atoms with Crippen LogP contribution < -0.4 is 10.6 Å². The summed E-state index contributed by atoms with van der Waals surface area (Å²) in [4.78, 5) is 9.87. The average Bonchev–Trinajstić information content (AvgIpc) is 2.63. The van der Waals surface area contributed by atoms with Gasteiger partial charge in [-0.15, -0.1) is 35.3 Å². The highest BCUT2D eigenvalue weighted by Crippen LogP contribution is 2.16. The SMILES string of the molecule is C=C(Cl)CNC(=NC)NCCc1nc(C)c(C)s1.I. The molecule has 0 radical (unpaired) electrons. The Hall–Kier alpha value is -0.340. The molecule has 4 nitrogen and oxygen atoms in total. The molecule has 0 aliphatic carbocycles. The summed E-state index contributed by atoms with van der Waals surface area (Å²) in [5.74, 6) is 0.724. The highest BCUT2D eigenvalue weighted by Gasteiger charge is 2.04. The molecule has 0 saturated heterocycles. The number of nitrogens with one attached hydrogen (secondary N) is 2. The lowest BCUT2D eigenvalue weighted by molar-refractivity contribution is 0.814. The van der Waals surface area contributed by atoms with Gasteiger partial charge < -0.3 is 10.6 Å². The van der Waals surface area contributed by atoms with Crippen LogP contribution in [-0.2, 0) is 6.42 Å². The average molecular weight is 415 g/mol. The summed E-state index contributed by atoms with van der Waals surface area (Å²) in [5, 5.41) is 7.98. The quantitative estimate of drug-likeness (QED) is 0.442. The minimum atomic E-state index is 0. The van der Waals surface area contributed by atoms with Gasteiger partial charge in [0.1, 0.15) is 0 Å². The van der Waals surface area contributed by atoms with Crippen molar-refractivity contribution >= 4 is 52.9 Å². The fraction of sp³-hybridized carbons (Fsp3) is 0.500. The Labute approximate surface area is 140 Å². The second kappa shape index (κ2) is 9.55. The summed E-state index contributed by atoms with van der Waals surface area (Å²) in [6, 6.07) is 0. The van der Waals surface area contributed by atoms with Gasteiger partial charge in [-0.3, -0.25) is 4.99 Å². The molecule has 0 bridgehead atoms. The van der Waals surface area contributed by atoms with Crippen LogP contribution in [0.1, 0.15) is 15.6 Å².